The summed E-state index contributed by atoms with van der Waals surface area (Å²) >= 11 is 0. The average Bonchev–Trinajstić information content (AvgIpc) is 3.44. The van der Waals surface area contributed by atoms with Gasteiger partial charge in [0.2, 0.25) is 5.78 Å². The van der Waals surface area contributed by atoms with Gasteiger partial charge in [0.1, 0.15) is 5.75 Å². The van der Waals surface area contributed by atoms with Crippen molar-refractivity contribution in [1.82, 2.24) is 4.90 Å². The molecule has 0 aromatic heterocycles. The first-order valence-electron chi connectivity index (χ1n) is 9.11. The van der Waals surface area contributed by atoms with Gasteiger partial charge in [0.05, 0.1) is 7.11 Å². The minimum atomic E-state index is -1.76. The molecule has 2 aliphatic rings. The molecule has 3 nitrogen and oxygen atoms in total. The van der Waals surface area contributed by atoms with Gasteiger partial charge < -0.3 is 4.74 Å². The van der Waals surface area contributed by atoms with E-state index in [4.69, 9.17) is 4.74 Å². The highest BCUT2D eigenvalue weighted by atomic mass is 19.1. The molecule has 4 rings (SSSR count). The number of carbonyl (C=O) groups is 1. The van der Waals surface area contributed by atoms with Crippen LogP contribution in [-0.2, 0) is 0 Å². The maximum absolute atomic E-state index is 15.5. The number of likely N-dealkylation sites (tertiary alicyclic amines) is 1. The summed E-state index contributed by atoms with van der Waals surface area (Å²) < 4.78 is 20.7. The van der Waals surface area contributed by atoms with Crippen molar-refractivity contribution in [2.75, 3.05) is 26.7 Å². The van der Waals surface area contributed by atoms with E-state index in [-0.39, 0.29) is 12.3 Å². The van der Waals surface area contributed by atoms with Crippen molar-refractivity contribution in [3.8, 4) is 5.75 Å². The highest BCUT2D eigenvalue weighted by molar-refractivity contribution is 6.05. The van der Waals surface area contributed by atoms with E-state index < -0.39 is 5.67 Å². The number of piperidine rings is 1. The third kappa shape index (κ3) is 3.40. The average molecular weight is 341 g/mol. The minimum Gasteiger partial charge on any atom is -0.497 e. The number of ether oxygens (including phenoxy) is 1. The predicted octanol–water partition coefficient (Wildman–Crippen LogP) is 4.25. The lowest BCUT2D eigenvalue weighted by Gasteiger charge is -2.36. The molecule has 2 aromatic rings. The number of halogens is 1. The van der Waals surface area contributed by atoms with Crippen molar-refractivity contribution in [3.63, 3.8) is 0 Å². The van der Waals surface area contributed by atoms with Crippen LogP contribution in [-0.4, -0.2) is 43.1 Å². The second-order valence-corrected chi connectivity index (χ2v) is 7.50. The van der Waals surface area contributed by atoms with Crippen LogP contribution in [0, 0.1) is 5.92 Å². The van der Waals surface area contributed by atoms with Crippen LogP contribution >= 0.6 is 0 Å². The summed E-state index contributed by atoms with van der Waals surface area (Å²) in [5, 5.41) is 1.92. The summed E-state index contributed by atoms with van der Waals surface area (Å²) in [6, 6.07) is 11.1. The van der Waals surface area contributed by atoms with Crippen LogP contribution < -0.4 is 4.74 Å². The molecule has 1 aliphatic carbocycles. The number of Topliss-reactive ketones (excluding diaryl/α,β-unsaturated/α-hetero) is 1. The SMILES string of the molecule is COc1ccc2cc(C(=O)C3(F)CCCN(CC4CC4)C3)ccc2c1. The highest BCUT2D eigenvalue weighted by Crippen LogP contribution is 2.35. The Morgan fingerprint density at radius 1 is 1.24 bits per heavy atom. The highest BCUT2D eigenvalue weighted by Gasteiger charge is 2.43. The Kier molecular flexibility index (Phi) is 4.24. The summed E-state index contributed by atoms with van der Waals surface area (Å²) in [6.45, 7) is 2.09. The molecule has 2 aromatic carbocycles. The van der Waals surface area contributed by atoms with Crippen molar-refractivity contribution in [2.45, 2.75) is 31.4 Å². The zero-order valence-electron chi connectivity index (χ0n) is 14.6. The van der Waals surface area contributed by atoms with Crippen molar-refractivity contribution in [2.24, 2.45) is 5.92 Å². The Labute approximate surface area is 147 Å². The Hall–Kier alpha value is -1.94. The monoisotopic (exact) mass is 341 g/mol. The lowest BCUT2D eigenvalue weighted by Crippen LogP contribution is -2.50. The van der Waals surface area contributed by atoms with Gasteiger partial charge in [0, 0.05) is 18.7 Å². The van der Waals surface area contributed by atoms with Crippen LogP contribution in [0.1, 0.15) is 36.0 Å². The normalized spacial score (nSPS) is 24.4. The molecular formula is C21H24FNO2. The van der Waals surface area contributed by atoms with E-state index in [1.807, 2.05) is 24.3 Å². The van der Waals surface area contributed by atoms with E-state index in [1.54, 1.807) is 19.2 Å². The smallest absolute Gasteiger partial charge is 0.201 e. The Morgan fingerprint density at radius 3 is 2.76 bits per heavy atom. The van der Waals surface area contributed by atoms with E-state index in [1.165, 1.54) is 12.8 Å². The van der Waals surface area contributed by atoms with Gasteiger partial charge in [0.15, 0.2) is 5.67 Å². The molecule has 0 N–H and O–H groups in total. The summed E-state index contributed by atoms with van der Waals surface area (Å²) in [7, 11) is 1.63. The molecule has 0 bridgehead atoms. The van der Waals surface area contributed by atoms with Gasteiger partial charge in [-0.25, -0.2) is 4.39 Å². The summed E-state index contributed by atoms with van der Waals surface area (Å²) in [5.74, 6) is 1.12. The number of rotatable bonds is 5. The van der Waals surface area contributed by atoms with Crippen LogP contribution in [0.5, 0.6) is 5.75 Å². The summed E-state index contributed by atoms with van der Waals surface area (Å²) in [4.78, 5) is 15.1. The topological polar surface area (TPSA) is 29.5 Å². The molecular weight excluding hydrogens is 317 g/mol. The number of ketones is 1. The molecule has 1 aliphatic heterocycles. The van der Waals surface area contributed by atoms with Crippen molar-refractivity contribution >= 4 is 16.6 Å². The summed E-state index contributed by atoms with van der Waals surface area (Å²) in [5.41, 5.74) is -1.29. The first kappa shape index (κ1) is 16.5. The standard InChI is InChI=1S/C21H24FNO2/c1-25-19-8-7-16-11-18(6-5-17(16)12-19)20(24)21(22)9-2-10-23(14-21)13-15-3-4-15/h5-8,11-12,15H,2-4,9-10,13-14H2,1H3. The van der Waals surface area contributed by atoms with Gasteiger partial charge in [-0.3, -0.25) is 9.69 Å². The largest absolute Gasteiger partial charge is 0.497 e. The Morgan fingerprint density at radius 2 is 2.00 bits per heavy atom. The third-order valence-electron chi connectivity index (χ3n) is 5.45. The fourth-order valence-corrected chi connectivity index (χ4v) is 3.85. The predicted molar refractivity (Wildman–Crippen MR) is 97.1 cm³/mol. The van der Waals surface area contributed by atoms with Gasteiger partial charge in [-0.05, 0) is 67.1 Å². The van der Waals surface area contributed by atoms with Crippen molar-refractivity contribution in [1.29, 1.82) is 0 Å². The number of hydrogen-bond acceptors (Lipinski definition) is 3. The van der Waals surface area contributed by atoms with Gasteiger partial charge >= 0.3 is 0 Å². The molecule has 1 saturated carbocycles. The second kappa shape index (κ2) is 6.41. The number of nitrogens with zero attached hydrogens (tertiary/aromatic N) is 1. The quantitative estimate of drug-likeness (QED) is 0.762. The molecule has 4 heteroatoms. The molecule has 1 saturated heterocycles. The lowest BCUT2D eigenvalue weighted by atomic mass is 9.86. The second-order valence-electron chi connectivity index (χ2n) is 7.50. The Balaban J connectivity index is 1.57. The molecule has 132 valence electrons. The Bertz CT molecular complexity index is 802. The maximum Gasteiger partial charge on any atom is 0.201 e. The fraction of sp³-hybridized carbons (Fsp3) is 0.476. The molecule has 25 heavy (non-hydrogen) atoms. The van der Waals surface area contributed by atoms with Gasteiger partial charge in [-0.2, -0.15) is 0 Å². The molecule has 1 heterocycles. The van der Waals surface area contributed by atoms with E-state index in [2.05, 4.69) is 4.90 Å². The number of carbonyl (C=O) groups excluding carboxylic acids is 1. The number of benzene rings is 2. The lowest BCUT2D eigenvalue weighted by molar-refractivity contribution is 0.0343. The maximum atomic E-state index is 15.5. The van der Waals surface area contributed by atoms with E-state index in [0.29, 0.717) is 17.9 Å². The van der Waals surface area contributed by atoms with Crippen LogP contribution in [0.15, 0.2) is 36.4 Å². The molecule has 0 spiro atoms. The zero-order valence-corrected chi connectivity index (χ0v) is 14.6. The van der Waals surface area contributed by atoms with E-state index in [0.717, 1.165) is 36.0 Å². The summed E-state index contributed by atoms with van der Waals surface area (Å²) in [6.07, 6.45) is 3.57. The minimum absolute atomic E-state index is 0.239. The number of methoxy groups -OCH3 is 1. The van der Waals surface area contributed by atoms with E-state index >= 15 is 4.39 Å². The van der Waals surface area contributed by atoms with Crippen LogP contribution in [0.3, 0.4) is 0 Å². The fourth-order valence-electron chi connectivity index (χ4n) is 3.85. The first-order valence-corrected chi connectivity index (χ1v) is 9.11. The number of alkyl halides is 1. The molecule has 1 unspecified atom stereocenters. The molecule has 0 radical (unpaired) electrons. The zero-order chi connectivity index (χ0) is 17.4. The molecule has 2 fully saturated rings. The van der Waals surface area contributed by atoms with Crippen LogP contribution in [0.25, 0.3) is 10.8 Å². The van der Waals surface area contributed by atoms with Crippen LogP contribution in [0.2, 0.25) is 0 Å². The van der Waals surface area contributed by atoms with Crippen molar-refractivity contribution < 1.29 is 13.9 Å². The van der Waals surface area contributed by atoms with Gasteiger partial charge in [-0.15, -0.1) is 0 Å². The van der Waals surface area contributed by atoms with Gasteiger partial charge in [0.25, 0.3) is 0 Å². The van der Waals surface area contributed by atoms with E-state index in [9.17, 15) is 4.79 Å². The number of fused-ring (bicyclic) bond motifs is 1. The van der Waals surface area contributed by atoms with Crippen molar-refractivity contribution in [3.05, 3.63) is 42.0 Å². The first-order chi connectivity index (χ1) is 12.1. The van der Waals surface area contributed by atoms with Gasteiger partial charge in [-0.1, -0.05) is 18.2 Å². The molecule has 1 atom stereocenters. The number of hydrogen-bond donors (Lipinski definition) is 0. The third-order valence-corrected chi connectivity index (χ3v) is 5.45. The molecule has 0 amide bonds. The van der Waals surface area contributed by atoms with Crippen LogP contribution in [0.4, 0.5) is 4.39 Å².